The van der Waals surface area contributed by atoms with Gasteiger partial charge in [-0.3, -0.25) is 19.5 Å². The summed E-state index contributed by atoms with van der Waals surface area (Å²) in [6, 6.07) is -0.668. The van der Waals surface area contributed by atoms with Gasteiger partial charge >= 0.3 is 17.8 Å². The van der Waals surface area contributed by atoms with Crippen molar-refractivity contribution in [3.05, 3.63) is 18.1 Å². The molecule has 17 heavy (non-hydrogen) atoms. The second kappa shape index (κ2) is 3.81. The van der Waals surface area contributed by atoms with Gasteiger partial charge in [-0.25, -0.2) is 14.7 Å². The molecule has 1 saturated heterocycles. The molecule has 2 N–H and O–H groups in total. The molecule has 1 aliphatic heterocycles. The zero-order chi connectivity index (χ0) is 12.6. The first-order valence-corrected chi connectivity index (χ1v) is 4.70. The number of hydrogen-bond donors (Lipinski definition) is 1. The zero-order valence-corrected chi connectivity index (χ0v) is 8.95. The molecular formula is C9H9N5O3. The van der Waals surface area contributed by atoms with Crippen LogP contribution in [0.15, 0.2) is 12.4 Å². The van der Waals surface area contributed by atoms with Crippen molar-refractivity contribution in [3.63, 3.8) is 0 Å². The number of carbonyl (C=O) groups is 3. The fraction of sp³-hybridized carbons (Fsp3) is 0.222. The van der Waals surface area contributed by atoms with Crippen LogP contribution in [0, 0.1) is 0 Å². The van der Waals surface area contributed by atoms with Gasteiger partial charge in [0.2, 0.25) is 0 Å². The first kappa shape index (κ1) is 11.0. The maximum absolute atomic E-state index is 11.5. The molecule has 4 amide bonds. The molecule has 0 aromatic carbocycles. The van der Waals surface area contributed by atoms with Gasteiger partial charge in [-0.1, -0.05) is 0 Å². The molecule has 1 fully saturated rings. The standard InChI is InChI=1S/C9H9N5O3/c1-13-7(15)8(16)14(9(13)17)4-5-2-12-6(10)3-11-5/h2-3H,4H2,1H3,(H2,10,12). The Balaban J connectivity index is 2.19. The fourth-order valence-corrected chi connectivity index (χ4v) is 1.36. The molecule has 0 radical (unpaired) electrons. The predicted molar refractivity (Wildman–Crippen MR) is 55.2 cm³/mol. The molecule has 2 rings (SSSR count). The van der Waals surface area contributed by atoms with E-state index in [-0.39, 0.29) is 12.4 Å². The van der Waals surface area contributed by atoms with Crippen molar-refractivity contribution >= 4 is 23.7 Å². The molecular weight excluding hydrogens is 226 g/mol. The molecule has 0 aliphatic carbocycles. The van der Waals surface area contributed by atoms with Crippen molar-refractivity contribution in [2.75, 3.05) is 12.8 Å². The highest BCUT2D eigenvalue weighted by Crippen LogP contribution is 2.12. The van der Waals surface area contributed by atoms with E-state index < -0.39 is 17.8 Å². The summed E-state index contributed by atoms with van der Waals surface area (Å²) < 4.78 is 0. The molecule has 1 aromatic rings. The van der Waals surface area contributed by atoms with Crippen molar-refractivity contribution in [2.45, 2.75) is 6.54 Å². The molecule has 8 nitrogen and oxygen atoms in total. The predicted octanol–water partition coefficient (Wildman–Crippen LogP) is -1.02. The number of nitrogens with zero attached hydrogens (tertiary/aromatic N) is 4. The highest BCUT2D eigenvalue weighted by atomic mass is 16.2. The number of rotatable bonds is 2. The minimum Gasteiger partial charge on any atom is -0.382 e. The van der Waals surface area contributed by atoms with E-state index in [9.17, 15) is 14.4 Å². The summed E-state index contributed by atoms with van der Waals surface area (Å²) in [4.78, 5) is 43.4. The molecule has 0 spiro atoms. The third kappa shape index (κ3) is 1.80. The number of urea groups is 1. The number of likely N-dealkylation sites (N-methyl/N-ethyl adjacent to an activating group) is 1. The number of hydrogen-bond acceptors (Lipinski definition) is 6. The van der Waals surface area contributed by atoms with Crippen LogP contribution < -0.4 is 5.73 Å². The normalized spacial score (nSPS) is 15.9. The summed E-state index contributed by atoms with van der Waals surface area (Å²) in [7, 11) is 1.25. The van der Waals surface area contributed by atoms with E-state index in [0.717, 1.165) is 9.80 Å². The van der Waals surface area contributed by atoms with Gasteiger partial charge in [0.15, 0.2) is 0 Å². The van der Waals surface area contributed by atoms with Crippen molar-refractivity contribution in [1.29, 1.82) is 0 Å². The Labute approximate surface area is 96.0 Å². The molecule has 0 saturated carbocycles. The molecule has 0 unspecified atom stereocenters. The molecule has 0 atom stereocenters. The number of amides is 4. The Kier molecular flexibility index (Phi) is 2.47. The molecule has 8 heteroatoms. The second-order valence-corrected chi connectivity index (χ2v) is 3.47. The second-order valence-electron chi connectivity index (χ2n) is 3.47. The van der Waals surface area contributed by atoms with Gasteiger partial charge in [-0.2, -0.15) is 0 Å². The van der Waals surface area contributed by atoms with Crippen LogP contribution >= 0.6 is 0 Å². The van der Waals surface area contributed by atoms with Gasteiger partial charge in [0, 0.05) is 7.05 Å². The molecule has 88 valence electrons. The highest BCUT2D eigenvalue weighted by Gasteiger charge is 2.42. The molecule has 1 aliphatic rings. The number of carbonyl (C=O) groups excluding carboxylic acids is 3. The van der Waals surface area contributed by atoms with Crippen LogP contribution in [0.5, 0.6) is 0 Å². The molecule has 0 bridgehead atoms. The van der Waals surface area contributed by atoms with Crippen LogP contribution in [0.4, 0.5) is 10.6 Å². The Morgan fingerprint density at radius 3 is 2.35 bits per heavy atom. The lowest BCUT2D eigenvalue weighted by atomic mass is 10.4. The van der Waals surface area contributed by atoms with E-state index in [1.807, 2.05) is 0 Å². The Morgan fingerprint density at radius 1 is 1.18 bits per heavy atom. The van der Waals surface area contributed by atoms with Crippen molar-refractivity contribution < 1.29 is 14.4 Å². The van der Waals surface area contributed by atoms with E-state index >= 15 is 0 Å². The number of imide groups is 2. The van der Waals surface area contributed by atoms with Crippen LogP contribution in [0.2, 0.25) is 0 Å². The first-order chi connectivity index (χ1) is 8.00. The summed E-state index contributed by atoms with van der Waals surface area (Å²) in [5, 5.41) is 0. The maximum atomic E-state index is 11.5. The Morgan fingerprint density at radius 2 is 1.88 bits per heavy atom. The number of nitrogens with two attached hydrogens (primary N) is 1. The van der Waals surface area contributed by atoms with Crippen LogP contribution in [-0.2, 0) is 16.1 Å². The summed E-state index contributed by atoms with van der Waals surface area (Å²) in [5.74, 6) is -1.48. The average Bonchev–Trinajstić information content (AvgIpc) is 2.50. The summed E-state index contributed by atoms with van der Waals surface area (Å²) in [6.45, 7) is -0.0962. The quantitative estimate of drug-likeness (QED) is 0.519. The summed E-state index contributed by atoms with van der Waals surface area (Å²) in [5.41, 5.74) is 5.73. The largest absolute Gasteiger partial charge is 0.382 e. The van der Waals surface area contributed by atoms with Gasteiger partial charge in [-0.15, -0.1) is 0 Å². The SMILES string of the molecule is CN1C(=O)C(=O)N(Cc2cnc(N)cn2)C1=O. The minimum absolute atomic E-state index is 0.0962. The lowest BCUT2D eigenvalue weighted by Crippen LogP contribution is -2.31. The Hall–Kier alpha value is -2.51. The lowest BCUT2D eigenvalue weighted by Gasteiger charge is -2.11. The van der Waals surface area contributed by atoms with Crippen LogP contribution in [0.3, 0.4) is 0 Å². The third-order valence-electron chi connectivity index (χ3n) is 2.30. The van der Waals surface area contributed by atoms with Gasteiger partial charge in [-0.05, 0) is 0 Å². The molecule has 2 heterocycles. The number of aromatic nitrogens is 2. The first-order valence-electron chi connectivity index (χ1n) is 4.70. The van der Waals surface area contributed by atoms with Crippen molar-refractivity contribution in [2.24, 2.45) is 0 Å². The maximum Gasteiger partial charge on any atom is 0.334 e. The lowest BCUT2D eigenvalue weighted by molar-refractivity contribution is -0.143. The zero-order valence-electron chi connectivity index (χ0n) is 8.95. The number of nitrogen functional groups attached to an aromatic ring is 1. The van der Waals surface area contributed by atoms with E-state index in [1.165, 1.54) is 19.4 Å². The van der Waals surface area contributed by atoms with Gasteiger partial charge in [0.25, 0.3) is 0 Å². The van der Waals surface area contributed by atoms with Gasteiger partial charge < -0.3 is 5.73 Å². The van der Waals surface area contributed by atoms with Crippen molar-refractivity contribution in [1.82, 2.24) is 19.8 Å². The monoisotopic (exact) mass is 235 g/mol. The van der Waals surface area contributed by atoms with E-state index in [0.29, 0.717) is 5.69 Å². The van der Waals surface area contributed by atoms with E-state index in [1.54, 1.807) is 0 Å². The summed E-state index contributed by atoms with van der Waals surface area (Å²) >= 11 is 0. The third-order valence-corrected chi connectivity index (χ3v) is 2.30. The highest BCUT2D eigenvalue weighted by molar-refractivity contribution is 6.44. The Bertz CT molecular complexity index is 498. The van der Waals surface area contributed by atoms with Crippen molar-refractivity contribution in [3.8, 4) is 0 Å². The van der Waals surface area contributed by atoms with Crippen LogP contribution in [0.1, 0.15) is 5.69 Å². The van der Waals surface area contributed by atoms with E-state index in [4.69, 9.17) is 5.73 Å². The smallest absolute Gasteiger partial charge is 0.334 e. The van der Waals surface area contributed by atoms with Crippen LogP contribution in [-0.4, -0.2) is 44.7 Å². The van der Waals surface area contributed by atoms with Gasteiger partial charge in [0.1, 0.15) is 5.82 Å². The fourth-order valence-electron chi connectivity index (χ4n) is 1.36. The summed E-state index contributed by atoms with van der Waals surface area (Å²) in [6.07, 6.45) is 2.66. The average molecular weight is 235 g/mol. The van der Waals surface area contributed by atoms with E-state index in [2.05, 4.69) is 9.97 Å². The van der Waals surface area contributed by atoms with Gasteiger partial charge in [0.05, 0.1) is 24.6 Å². The molecule has 1 aromatic heterocycles. The number of anilines is 1. The topological polar surface area (TPSA) is 109 Å². The minimum atomic E-state index is -0.865. The van der Waals surface area contributed by atoms with Crippen LogP contribution in [0.25, 0.3) is 0 Å².